The Balaban J connectivity index is 1.45. The SMILES string of the molecule is Cc1nnc(CN=C(NCCCN2CCOCC2)NCCCN(C)c2ccccc2)n1C. The van der Waals surface area contributed by atoms with Crippen LogP contribution in [-0.4, -0.2) is 85.2 Å². The molecule has 2 heterocycles. The van der Waals surface area contributed by atoms with Gasteiger partial charge < -0.3 is 24.8 Å². The summed E-state index contributed by atoms with van der Waals surface area (Å²) < 4.78 is 7.41. The lowest BCUT2D eigenvalue weighted by atomic mass is 10.3. The van der Waals surface area contributed by atoms with Crippen molar-refractivity contribution in [3.05, 3.63) is 42.0 Å². The number of nitrogens with zero attached hydrogens (tertiary/aromatic N) is 6. The van der Waals surface area contributed by atoms with Crippen molar-refractivity contribution in [1.82, 2.24) is 30.3 Å². The number of aryl methyl sites for hydroxylation is 1. The van der Waals surface area contributed by atoms with Gasteiger partial charge in [-0.25, -0.2) is 4.99 Å². The number of rotatable bonds is 11. The molecule has 0 bridgehead atoms. The molecule has 32 heavy (non-hydrogen) atoms. The van der Waals surface area contributed by atoms with Crippen LogP contribution in [0.25, 0.3) is 0 Å². The fourth-order valence-electron chi connectivity index (χ4n) is 3.58. The summed E-state index contributed by atoms with van der Waals surface area (Å²) in [5, 5.41) is 15.3. The molecule has 1 fully saturated rings. The Bertz CT molecular complexity index is 817. The molecule has 9 nitrogen and oxygen atoms in total. The number of nitrogens with one attached hydrogen (secondary N) is 2. The van der Waals surface area contributed by atoms with Crippen LogP contribution in [0.15, 0.2) is 35.3 Å². The molecule has 0 atom stereocenters. The van der Waals surface area contributed by atoms with Gasteiger partial charge in [0.15, 0.2) is 11.8 Å². The van der Waals surface area contributed by atoms with Crippen LogP contribution in [0.1, 0.15) is 24.5 Å². The van der Waals surface area contributed by atoms with Crippen LogP contribution in [0.5, 0.6) is 0 Å². The predicted octanol–water partition coefficient (Wildman–Crippen LogP) is 1.41. The van der Waals surface area contributed by atoms with Gasteiger partial charge >= 0.3 is 0 Å². The quantitative estimate of drug-likeness (QED) is 0.309. The highest BCUT2D eigenvalue weighted by Crippen LogP contribution is 2.10. The highest BCUT2D eigenvalue weighted by Gasteiger charge is 2.10. The molecule has 0 unspecified atom stereocenters. The average Bonchev–Trinajstić information content (AvgIpc) is 3.15. The van der Waals surface area contributed by atoms with E-state index in [4.69, 9.17) is 9.73 Å². The van der Waals surface area contributed by atoms with E-state index in [-0.39, 0.29) is 0 Å². The standard InChI is InChI=1S/C23H38N8O/c1-20-27-28-22(30(20)3)19-26-23(25-12-8-14-31-15-17-32-18-16-31)24-11-7-13-29(2)21-9-5-4-6-10-21/h4-6,9-10H,7-8,11-19H2,1-3H3,(H2,24,25,26). The van der Waals surface area contributed by atoms with E-state index in [2.05, 4.69) is 61.9 Å². The van der Waals surface area contributed by atoms with Crippen molar-refractivity contribution in [1.29, 1.82) is 0 Å². The number of hydrogen-bond acceptors (Lipinski definition) is 6. The molecule has 0 amide bonds. The smallest absolute Gasteiger partial charge is 0.191 e. The van der Waals surface area contributed by atoms with E-state index in [0.717, 1.165) is 82.9 Å². The van der Waals surface area contributed by atoms with Crippen LogP contribution in [0.3, 0.4) is 0 Å². The maximum absolute atomic E-state index is 5.43. The molecule has 1 aliphatic rings. The third-order valence-electron chi connectivity index (χ3n) is 5.77. The molecular weight excluding hydrogens is 404 g/mol. The summed E-state index contributed by atoms with van der Waals surface area (Å²) in [6, 6.07) is 10.5. The van der Waals surface area contributed by atoms with E-state index in [1.807, 2.05) is 24.6 Å². The van der Waals surface area contributed by atoms with Gasteiger partial charge in [0.1, 0.15) is 12.4 Å². The van der Waals surface area contributed by atoms with Gasteiger partial charge in [-0.1, -0.05) is 18.2 Å². The minimum absolute atomic E-state index is 0.500. The summed E-state index contributed by atoms with van der Waals surface area (Å²) in [6.45, 7) is 9.98. The van der Waals surface area contributed by atoms with Gasteiger partial charge in [-0.15, -0.1) is 10.2 Å². The Hall–Kier alpha value is -2.65. The second-order valence-corrected chi connectivity index (χ2v) is 8.16. The third-order valence-corrected chi connectivity index (χ3v) is 5.77. The summed E-state index contributed by atoms with van der Waals surface area (Å²) >= 11 is 0. The van der Waals surface area contributed by atoms with E-state index in [1.165, 1.54) is 5.69 Å². The Morgan fingerprint density at radius 2 is 1.81 bits per heavy atom. The summed E-state index contributed by atoms with van der Waals surface area (Å²) in [4.78, 5) is 9.48. The normalized spacial score (nSPS) is 15.0. The minimum Gasteiger partial charge on any atom is -0.379 e. The topological polar surface area (TPSA) is 82.8 Å². The molecular formula is C23H38N8O. The average molecular weight is 443 g/mol. The summed E-state index contributed by atoms with van der Waals surface area (Å²) in [6.07, 6.45) is 2.09. The zero-order chi connectivity index (χ0) is 22.6. The van der Waals surface area contributed by atoms with Crippen molar-refractivity contribution in [3.63, 3.8) is 0 Å². The Morgan fingerprint density at radius 3 is 2.50 bits per heavy atom. The lowest BCUT2D eigenvalue weighted by Crippen LogP contribution is -2.41. The lowest BCUT2D eigenvalue weighted by molar-refractivity contribution is 0.0376. The summed E-state index contributed by atoms with van der Waals surface area (Å²) in [7, 11) is 4.10. The second kappa shape index (κ2) is 13.0. The molecule has 2 aromatic rings. The highest BCUT2D eigenvalue weighted by atomic mass is 16.5. The predicted molar refractivity (Wildman–Crippen MR) is 129 cm³/mol. The van der Waals surface area contributed by atoms with Gasteiger partial charge in [0.25, 0.3) is 0 Å². The van der Waals surface area contributed by atoms with Gasteiger partial charge in [0.05, 0.1) is 13.2 Å². The molecule has 1 aromatic heterocycles. The van der Waals surface area contributed by atoms with Gasteiger partial charge in [0.2, 0.25) is 0 Å². The third kappa shape index (κ3) is 7.80. The molecule has 9 heteroatoms. The molecule has 1 aromatic carbocycles. The molecule has 2 N–H and O–H groups in total. The van der Waals surface area contributed by atoms with Crippen LogP contribution in [0.4, 0.5) is 5.69 Å². The second-order valence-electron chi connectivity index (χ2n) is 8.16. The Labute approximate surface area is 191 Å². The number of anilines is 1. The summed E-state index contributed by atoms with van der Waals surface area (Å²) in [5.41, 5.74) is 1.24. The number of para-hydroxylation sites is 1. The zero-order valence-corrected chi connectivity index (χ0v) is 19.8. The Morgan fingerprint density at radius 1 is 1.09 bits per heavy atom. The maximum atomic E-state index is 5.43. The van der Waals surface area contributed by atoms with E-state index in [9.17, 15) is 0 Å². The van der Waals surface area contributed by atoms with Crippen molar-refractivity contribution in [2.45, 2.75) is 26.3 Å². The van der Waals surface area contributed by atoms with E-state index in [0.29, 0.717) is 6.54 Å². The van der Waals surface area contributed by atoms with Crippen LogP contribution in [-0.2, 0) is 18.3 Å². The zero-order valence-electron chi connectivity index (χ0n) is 19.8. The molecule has 1 aliphatic heterocycles. The number of morpholine rings is 1. The molecule has 0 spiro atoms. The first-order chi connectivity index (χ1) is 15.6. The van der Waals surface area contributed by atoms with Crippen molar-refractivity contribution < 1.29 is 4.74 Å². The molecule has 0 aliphatic carbocycles. The first kappa shape index (κ1) is 24.0. The summed E-state index contributed by atoms with van der Waals surface area (Å²) in [5.74, 6) is 2.59. The van der Waals surface area contributed by atoms with Crippen molar-refractivity contribution in [2.24, 2.45) is 12.0 Å². The van der Waals surface area contributed by atoms with Crippen molar-refractivity contribution in [2.75, 3.05) is 64.4 Å². The number of benzene rings is 1. The number of aromatic nitrogens is 3. The lowest BCUT2D eigenvalue weighted by Gasteiger charge is -2.26. The fraction of sp³-hybridized carbons (Fsp3) is 0.609. The van der Waals surface area contributed by atoms with E-state index in [1.54, 1.807) is 0 Å². The van der Waals surface area contributed by atoms with Crippen LogP contribution < -0.4 is 15.5 Å². The fourth-order valence-corrected chi connectivity index (χ4v) is 3.58. The highest BCUT2D eigenvalue weighted by molar-refractivity contribution is 5.79. The van der Waals surface area contributed by atoms with Crippen LogP contribution in [0.2, 0.25) is 0 Å². The molecule has 0 radical (unpaired) electrons. The minimum atomic E-state index is 0.500. The molecule has 1 saturated heterocycles. The number of hydrogen-bond donors (Lipinski definition) is 2. The number of guanidine groups is 1. The first-order valence-corrected chi connectivity index (χ1v) is 11.6. The van der Waals surface area contributed by atoms with Gasteiger partial charge in [-0.3, -0.25) is 4.90 Å². The molecule has 176 valence electrons. The van der Waals surface area contributed by atoms with E-state index >= 15 is 0 Å². The van der Waals surface area contributed by atoms with Gasteiger partial charge in [-0.2, -0.15) is 0 Å². The first-order valence-electron chi connectivity index (χ1n) is 11.6. The van der Waals surface area contributed by atoms with Crippen LogP contribution in [0, 0.1) is 6.92 Å². The van der Waals surface area contributed by atoms with Crippen molar-refractivity contribution >= 4 is 11.6 Å². The number of aliphatic imine (C=N–C) groups is 1. The molecule has 0 saturated carbocycles. The number of ether oxygens (including phenoxy) is 1. The molecule has 3 rings (SSSR count). The van der Waals surface area contributed by atoms with E-state index < -0.39 is 0 Å². The Kier molecular flexibility index (Phi) is 9.77. The monoisotopic (exact) mass is 442 g/mol. The van der Waals surface area contributed by atoms with Gasteiger partial charge in [-0.05, 0) is 38.4 Å². The van der Waals surface area contributed by atoms with Gasteiger partial charge in [0, 0.05) is 52.5 Å². The maximum Gasteiger partial charge on any atom is 0.191 e. The largest absolute Gasteiger partial charge is 0.379 e. The van der Waals surface area contributed by atoms with Crippen molar-refractivity contribution in [3.8, 4) is 0 Å². The van der Waals surface area contributed by atoms with Crippen LogP contribution >= 0.6 is 0 Å².